The van der Waals surface area contributed by atoms with Gasteiger partial charge in [-0.25, -0.2) is 0 Å². The van der Waals surface area contributed by atoms with Gasteiger partial charge in [0.05, 0.1) is 6.61 Å². The fourth-order valence-corrected chi connectivity index (χ4v) is 0.226. The fourth-order valence-electron chi connectivity index (χ4n) is 0.226. The summed E-state index contributed by atoms with van der Waals surface area (Å²) in [6.45, 7) is -0.667. The first kappa shape index (κ1) is 7.74. The number of carbonyl (C=O) groups is 1. The maximum Gasteiger partial charge on any atom is 0.314 e. The monoisotopic (exact) mass is 131 g/mol. The standard InChI is InChI=1S/C3H5N3O3/c4-6-5-2(1-7)3(8)9/h2,7H,1H2,(H,8,9)/t2-/m1/s1. The van der Waals surface area contributed by atoms with Crippen molar-refractivity contribution < 1.29 is 15.0 Å². The molecular formula is C3H5N3O3. The average Bonchev–Trinajstić information content (AvgIpc) is 1.82. The van der Waals surface area contributed by atoms with E-state index in [0.717, 1.165) is 0 Å². The van der Waals surface area contributed by atoms with Crippen LogP contribution in [-0.4, -0.2) is 28.8 Å². The van der Waals surface area contributed by atoms with Crippen LogP contribution in [0.2, 0.25) is 0 Å². The minimum atomic E-state index is -1.35. The summed E-state index contributed by atoms with van der Waals surface area (Å²) in [6, 6.07) is -1.35. The third-order valence-corrected chi connectivity index (χ3v) is 0.649. The van der Waals surface area contributed by atoms with Gasteiger partial charge in [0.2, 0.25) is 0 Å². The number of aliphatic carboxylic acids is 1. The maximum atomic E-state index is 9.90. The van der Waals surface area contributed by atoms with Crippen LogP contribution in [-0.2, 0) is 4.79 Å². The van der Waals surface area contributed by atoms with Crippen molar-refractivity contribution in [1.82, 2.24) is 0 Å². The third-order valence-electron chi connectivity index (χ3n) is 0.649. The molecule has 0 saturated carbocycles. The zero-order valence-electron chi connectivity index (χ0n) is 4.43. The second kappa shape index (κ2) is 3.71. The lowest BCUT2D eigenvalue weighted by atomic mass is 10.3. The van der Waals surface area contributed by atoms with Gasteiger partial charge in [-0.1, -0.05) is 5.11 Å². The average molecular weight is 131 g/mol. The van der Waals surface area contributed by atoms with Gasteiger partial charge in [-0.05, 0) is 5.53 Å². The molecule has 50 valence electrons. The van der Waals surface area contributed by atoms with E-state index in [1.165, 1.54) is 0 Å². The Balaban J connectivity index is 3.98. The second-order valence-electron chi connectivity index (χ2n) is 1.24. The van der Waals surface area contributed by atoms with Crippen LogP contribution in [0.15, 0.2) is 5.11 Å². The largest absolute Gasteiger partial charge is 0.481 e. The van der Waals surface area contributed by atoms with Crippen molar-refractivity contribution in [2.75, 3.05) is 6.61 Å². The third kappa shape index (κ3) is 2.53. The lowest BCUT2D eigenvalue weighted by Gasteiger charge is -1.96. The molecule has 0 heterocycles. The summed E-state index contributed by atoms with van der Waals surface area (Å²) in [5.74, 6) is -1.32. The van der Waals surface area contributed by atoms with Gasteiger partial charge in [0, 0.05) is 4.91 Å². The van der Waals surface area contributed by atoms with Crippen LogP contribution >= 0.6 is 0 Å². The molecule has 0 rings (SSSR count). The first-order valence-corrected chi connectivity index (χ1v) is 2.10. The van der Waals surface area contributed by atoms with E-state index < -0.39 is 18.6 Å². The SMILES string of the molecule is [N-]=[N+]=N[C@H](CO)C(=O)O. The van der Waals surface area contributed by atoms with Gasteiger partial charge >= 0.3 is 5.97 Å². The van der Waals surface area contributed by atoms with Crippen molar-refractivity contribution in [2.24, 2.45) is 5.11 Å². The molecule has 0 unspecified atom stereocenters. The maximum absolute atomic E-state index is 9.90. The zero-order valence-corrected chi connectivity index (χ0v) is 4.43. The molecule has 0 aliphatic carbocycles. The molecule has 6 heteroatoms. The Bertz CT molecular complexity index is 148. The van der Waals surface area contributed by atoms with E-state index in [1.54, 1.807) is 0 Å². The van der Waals surface area contributed by atoms with E-state index in [4.69, 9.17) is 15.7 Å². The molecular weight excluding hydrogens is 126 g/mol. The van der Waals surface area contributed by atoms with Gasteiger partial charge in [0.25, 0.3) is 0 Å². The van der Waals surface area contributed by atoms with Gasteiger partial charge in [-0.3, -0.25) is 4.79 Å². The summed E-state index contributed by atoms with van der Waals surface area (Å²) in [6.07, 6.45) is 0. The zero-order chi connectivity index (χ0) is 7.28. The summed E-state index contributed by atoms with van der Waals surface area (Å²) in [7, 11) is 0. The van der Waals surface area contributed by atoms with Gasteiger partial charge in [0.15, 0.2) is 6.04 Å². The normalized spacial score (nSPS) is 11.7. The number of aliphatic hydroxyl groups excluding tert-OH is 1. The molecule has 9 heavy (non-hydrogen) atoms. The Hall–Kier alpha value is -1.26. The predicted octanol–water partition coefficient (Wildman–Crippen LogP) is -0.258. The number of hydrogen-bond donors (Lipinski definition) is 2. The number of azide groups is 1. The number of aliphatic hydroxyl groups is 1. The van der Waals surface area contributed by atoms with Crippen LogP contribution in [0, 0.1) is 0 Å². The molecule has 0 saturated heterocycles. The highest BCUT2D eigenvalue weighted by atomic mass is 16.4. The van der Waals surface area contributed by atoms with Crippen LogP contribution in [0.1, 0.15) is 0 Å². The van der Waals surface area contributed by atoms with Crippen molar-refractivity contribution in [3.63, 3.8) is 0 Å². The lowest BCUT2D eigenvalue weighted by Crippen LogP contribution is -2.20. The van der Waals surface area contributed by atoms with Gasteiger partial charge in [0.1, 0.15) is 0 Å². The Morgan fingerprint density at radius 1 is 1.89 bits per heavy atom. The molecule has 0 aliphatic rings. The Morgan fingerprint density at radius 3 is 2.56 bits per heavy atom. The van der Waals surface area contributed by atoms with Gasteiger partial charge in [-0.15, -0.1) is 0 Å². The van der Waals surface area contributed by atoms with E-state index >= 15 is 0 Å². The number of hydrogen-bond acceptors (Lipinski definition) is 3. The highest BCUT2D eigenvalue weighted by molar-refractivity contribution is 5.73. The molecule has 0 aromatic rings. The van der Waals surface area contributed by atoms with Crippen LogP contribution in [0.4, 0.5) is 0 Å². The quantitative estimate of drug-likeness (QED) is 0.313. The molecule has 0 spiro atoms. The minimum Gasteiger partial charge on any atom is -0.481 e. The van der Waals surface area contributed by atoms with E-state index in [-0.39, 0.29) is 0 Å². The van der Waals surface area contributed by atoms with Crippen molar-refractivity contribution in [1.29, 1.82) is 0 Å². The molecule has 1 atom stereocenters. The summed E-state index contributed by atoms with van der Waals surface area (Å²) in [4.78, 5) is 12.1. The molecule has 0 aromatic carbocycles. The molecule has 0 amide bonds. The van der Waals surface area contributed by atoms with E-state index in [1.807, 2.05) is 0 Å². The molecule has 0 fully saturated rings. The van der Waals surface area contributed by atoms with E-state index in [2.05, 4.69) is 10.0 Å². The van der Waals surface area contributed by atoms with Crippen molar-refractivity contribution in [3.8, 4) is 0 Å². The highest BCUT2D eigenvalue weighted by Gasteiger charge is 2.12. The van der Waals surface area contributed by atoms with Crippen LogP contribution in [0.25, 0.3) is 10.4 Å². The van der Waals surface area contributed by atoms with Gasteiger partial charge in [-0.2, -0.15) is 0 Å². The minimum absolute atomic E-state index is 0.667. The van der Waals surface area contributed by atoms with Gasteiger partial charge < -0.3 is 10.2 Å². The van der Waals surface area contributed by atoms with Crippen LogP contribution < -0.4 is 0 Å². The lowest BCUT2D eigenvalue weighted by molar-refractivity contribution is -0.139. The molecule has 0 bridgehead atoms. The van der Waals surface area contributed by atoms with E-state index in [0.29, 0.717) is 0 Å². The van der Waals surface area contributed by atoms with Crippen molar-refractivity contribution in [2.45, 2.75) is 6.04 Å². The number of nitrogens with zero attached hydrogens (tertiary/aromatic N) is 3. The Kier molecular flexibility index (Phi) is 3.19. The molecule has 0 aromatic heterocycles. The molecule has 6 nitrogen and oxygen atoms in total. The molecule has 0 radical (unpaired) electrons. The Labute approximate surface area is 50.4 Å². The number of carboxylic acids is 1. The smallest absolute Gasteiger partial charge is 0.314 e. The van der Waals surface area contributed by atoms with E-state index in [9.17, 15) is 4.79 Å². The molecule has 0 aliphatic heterocycles. The molecule has 2 N–H and O–H groups in total. The highest BCUT2D eigenvalue weighted by Crippen LogP contribution is 1.88. The van der Waals surface area contributed by atoms with Crippen molar-refractivity contribution in [3.05, 3.63) is 10.4 Å². The summed E-state index contributed by atoms with van der Waals surface area (Å²) >= 11 is 0. The van der Waals surface area contributed by atoms with Crippen LogP contribution in [0.3, 0.4) is 0 Å². The first-order chi connectivity index (χ1) is 4.22. The number of rotatable bonds is 3. The first-order valence-electron chi connectivity index (χ1n) is 2.10. The Morgan fingerprint density at radius 2 is 2.44 bits per heavy atom. The number of carboxylic acid groups (broad SMARTS) is 1. The second-order valence-corrected chi connectivity index (χ2v) is 1.24. The van der Waals surface area contributed by atoms with Crippen molar-refractivity contribution >= 4 is 5.97 Å². The summed E-state index contributed by atoms with van der Waals surface area (Å²) in [5.41, 5.74) is 7.70. The predicted molar refractivity (Wildman–Crippen MR) is 27.7 cm³/mol. The fraction of sp³-hybridized carbons (Fsp3) is 0.667. The summed E-state index contributed by atoms with van der Waals surface area (Å²) in [5, 5.41) is 19.0. The summed E-state index contributed by atoms with van der Waals surface area (Å²) < 4.78 is 0. The topological polar surface area (TPSA) is 106 Å². The van der Waals surface area contributed by atoms with Crippen LogP contribution in [0.5, 0.6) is 0 Å².